The zero-order valence-electron chi connectivity index (χ0n) is 14.7. The molecule has 28 heavy (non-hydrogen) atoms. The molecule has 7 nitrogen and oxygen atoms in total. The number of benzene rings is 2. The molecule has 4 rings (SSSR count). The van der Waals surface area contributed by atoms with E-state index in [9.17, 15) is 9.59 Å². The predicted octanol–water partition coefficient (Wildman–Crippen LogP) is 4.57. The molecule has 2 atom stereocenters. The van der Waals surface area contributed by atoms with E-state index in [4.69, 9.17) is 0 Å². The van der Waals surface area contributed by atoms with Crippen LogP contribution < -0.4 is 10.6 Å². The fourth-order valence-electron chi connectivity index (χ4n) is 3.33. The Bertz CT molecular complexity index is 1100. The monoisotopic (exact) mass is 503 g/mol. The van der Waals surface area contributed by atoms with Crippen molar-refractivity contribution in [3.63, 3.8) is 0 Å². The van der Waals surface area contributed by atoms with Gasteiger partial charge in [-0.1, -0.05) is 31.9 Å². The lowest BCUT2D eigenvalue weighted by Crippen LogP contribution is -2.45. The van der Waals surface area contributed by atoms with Crippen LogP contribution in [0.25, 0.3) is 10.9 Å². The van der Waals surface area contributed by atoms with Gasteiger partial charge in [0.1, 0.15) is 5.92 Å². The van der Waals surface area contributed by atoms with Gasteiger partial charge in [-0.05, 0) is 48.9 Å². The lowest BCUT2D eigenvalue weighted by molar-refractivity contribution is -0.118. The van der Waals surface area contributed by atoms with E-state index in [0.29, 0.717) is 11.4 Å². The molecule has 0 fully saturated rings. The summed E-state index contributed by atoms with van der Waals surface area (Å²) in [7, 11) is 0. The van der Waals surface area contributed by atoms with Gasteiger partial charge in [0.25, 0.3) is 0 Å². The van der Waals surface area contributed by atoms with Gasteiger partial charge in [-0.3, -0.25) is 9.89 Å². The van der Waals surface area contributed by atoms with Crippen LogP contribution in [-0.4, -0.2) is 27.8 Å². The maximum Gasteiger partial charge on any atom is 0.341 e. The summed E-state index contributed by atoms with van der Waals surface area (Å²) in [5.74, 6) is -0.885. The van der Waals surface area contributed by atoms with Gasteiger partial charge in [-0.25, -0.2) is 9.79 Å². The average Bonchev–Trinajstić information content (AvgIpc) is 3.07. The topological polar surface area (TPSA) is 99.2 Å². The molecular weight excluding hydrogens is 490 g/mol. The number of anilines is 1. The lowest BCUT2D eigenvalue weighted by Gasteiger charge is -2.30. The number of aliphatic imine (C=N–C) groups is 1. The van der Waals surface area contributed by atoms with Gasteiger partial charge in [0.15, 0.2) is 0 Å². The Hall–Kier alpha value is -2.52. The number of aromatic nitrogens is 2. The number of aromatic amines is 1. The summed E-state index contributed by atoms with van der Waals surface area (Å²) >= 11 is 6.91. The van der Waals surface area contributed by atoms with Crippen LogP contribution in [0.5, 0.6) is 0 Å². The fourth-order valence-corrected chi connectivity index (χ4v) is 4.66. The minimum Gasteiger partial charge on any atom is -0.328 e. The number of nitrogens with zero attached hydrogens (tertiary/aromatic N) is 2. The van der Waals surface area contributed by atoms with Gasteiger partial charge in [-0.15, -0.1) is 0 Å². The van der Waals surface area contributed by atoms with E-state index >= 15 is 0 Å². The van der Waals surface area contributed by atoms with Crippen molar-refractivity contribution in [2.45, 2.75) is 13.0 Å². The van der Waals surface area contributed by atoms with Crippen molar-refractivity contribution in [1.29, 1.82) is 0 Å². The maximum atomic E-state index is 13.1. The molecule has 142 valence electrons. The largest absolute Gasteiger partial charge is 0.341 e. The van der Waals surface area contributed by atoms with E-state index in [1.807, 2.05) is 30.3 Å². The SMILES string of the molecule is CC1=NC(=O)NC(c2cc(Br)cc(Br)c2)C1C(=O)Nc1ccc2[nH]ncc2c1. The first-order valence-electron chi connectivity index (χ1n) is 8.46. The number of rotatable bonds is 3. The molecule has 0 spiro atoms. The summed E-state index contributed by atoms with van der Waals surface area (Å²) in [6.45, 7) is 1.70. The van der Waals surface area contributed by atoms with Crippen LogP contribution in [-0.2, 0) is 4.79 Å². The molecule has 3 aromatic rings. The van der Waals surface area contributed by atoms with Crippen molar-refractivity contribution in [3.05, 3.63) is 57.1 Å². The number of hydrogen-bond donors (Lipinski definition) is 3. The number of hydrogen-bond acceptors (Lipinski definition) is 3. The van der Waals surface area contributed by atoms with Crippen molar-refractivity contribution in [1.82, 2.24) is 15.5 Å². The van der Waals surface area contributed by atoms with E-state index in [0.717, 1.165) is 25.4 Å². The first kappa shape index (κ1) is 18.8. The molecule has 9 heteroatoms. The predicted molar refractivity (Wildman–Crippen MR) is 114 cm³/mol. The van der Waals surface area contributed by atoms with Gasteiger partial charge in [0.05, 0.1) is 17.8 Å². The smallest absolute Gasteiger partial charge is 0.328 e. The van der Waals surface area contributed by atoms with Crippen LogP contribution in [0.3, 0.4) is 0 Å². The molecule has 3 N–H and O–H groups in total. The quantitative estimate of drug-likeness (QED) is 0.487. The van der Waals surface area contributed by atoms with Crippen LogP contribution in [0.1, 0.15) is 18.5 Å². The number of fused-ring (bicyclic) bond motifs is 1. The molecule has 1 aliphatic rings. The average molecular weight is 505 g/mol. The number of carbonyl (C=O) groups is 2. The first-order valence-corrected chi connectivity index (χ1v) is 10.0. The Morgan fingerprint density at radius 3 is 2.64 bits per heavy atom. The van der Waals surface area contributed by atoms with E-state index in [2.05, 4.69) is 57.7 Å². The van der Waals surface area contributed by atoms with Gasteiger partial charge < -0.3 is 10.6 Å². The second-order valence-electron chi connectivity index (χ2n) is 6.52. The van der Waals surface area contributed by atoms with Crippen LogP contribution in [0.15, 0.2) is 56.5 Å². The summed E-state index contributed by atoms with van der Waals surface area (Å²) < 4.78 is 1.69. The van der Waals surface area contributed by atoms with Crippen LogP contribution in [0.4, 0.5) is 10.5 Å². The zero-order valence-corrected chi connectivity index (χ0v) is 17.8. The van der Waals surface area contributed by atoms with Gasteiger partial charge in [0, 0.05) is 25.7 Å². The first-order chi connectivity index (χ1) is 13.4. The highest BCUT2D eigenvalue weighted by Gasteiger charge is 2.37. The molecule has 0 saturated carbocycles. The van der Waals surface area contributed by atoms with Gasteiger partial charge in [0.2, 0.25) is 5.91 Å². The normalized spacial score (nSPS) is 19.2. The summed E-state index contributed by atoms with van der Waals surface area (Å²) in [6, 6.07) is 10.2. The van der Waals surface area contributed by atoms with Crippen LogP contribution in [0, 0.1) is 5.92 Å². The Balaban J connectivity index is 1.67. The second kappa shape index (κ2) is 7.48. The van der Waals surface area contributed by atoms with Crippen molar-refractivity contribution in [2.24, 2.45) is 10.9 Å². The summed E-state index contributed by atoms with van der Waals surface area (Å²) in [5, 5.41) is 13.5. The van der Waals surface area contributed by atoms with E-state index in [1.165, 1.54) is 0 Å². The third kappa shape index (κ3) is 3.72. The molecule has 1 aliphatic heterocycles. The van der Waals surface area contributed by atoms with Gasteiger partial charge >= 0.3 is 6.03 Å². The van der Waals surface area contributed by atoms with Gasteiger partial charge in [-0.2, -0.15) is 5.10 Å². The number of amides is 3. The standard InChI is InChI=1S/C19H15Br2N5O2/c1-9-16(18(27)24-14-2-3-15-11(6-14)8-22-26-15)17(25-19(28)23-9)10-4-12(20)7-13(21)5-10/h2-8,16-17H,1H3,(H,22,26)(H,24,27)(H,25,28). The molecular formula is C19H15Br2N5O2. The highest BCUT2D eigenvalue weighted by atomic mass is 79.9. The molecule has 2 heterocycles. The molecule has 0 bridgehead atoms. The van der Waals surface area contributed by atoms with E-state index in [-0.39, 0.29) is 5.91 Å². The third-order valence-electron chi connectivity index (χ3n) is 4.57. The molecule has 0 aliphatic carbocycles. The van der Waals surface area contributed by atoms with Crippen LogP contribution >= 0.6 is 31.9 Å². The van der Waals surface area contributed by atoms with Crippen molar-refractivity contribution < 1.29 is 9.59 Å². The summed E-state index contributed by atoms with van der Waals surface area (Å²) in [6.07, 6.45) is 1.69. The molecule has 1 aromatic heterocycles. The summed E-state index contributed by atoms with van der Waals surface area (Å²) in [4.78, 5) is 29.1. The highest BCUT2D eigenvalue weighted by molar-refractivity contribution is 9.11. The lowest BCUT2D eigenvalue weighted by atomic mass is 9.87. The van der Waals surface area contributed by atoms with Crippen molar-refractivity contribution in [3.8, 4) is 0 Å². The number of nitrogens with one attached hydrogen (secondary N) is 3. The van der Waals surface area contributed by atoms with E-state index < -0.39 is 18.0 Å². The number of urea groups is 1. The molecule has 2 aromatic carbocycles. The second-order valence-corrected chi connectivity index (χ2v) is 8.35. The minimum atomic E-state index is -0.640. The summed E-state index contributed by atoms with van der Waals surface area (Å²) in [5.41, 5.74) is 2.80. The molecule has 2 unspecified atom stereocenters. The minimum absolute atomic E-state index is 0.245. The van der Waals surface area contributed by atoms with Crippen LogP contribution in [0.2, 0.25) is 0 Å². The zero-order chi connectivity index (χ0) is 19.8. The molecule has 3 amide bonds. The Kier molecular flexibility index (Phi) is 5.03. The number of halogens is 2. The highest BCUT2D eigenvalue weighted by Crippen LogP contribution is 2.32. The maximum absolute atomic E-state index is 13.1. The molecule has 0 saturated heterocycles. The molecule has 0 radical (unpaired) electrons. The number of H-pyrrole nitrogens is 1. The third-order valence-corrected chi connectivity index (χ3v) is 5.49. The van der Waals surface area contributed by atoms with Crippen molar-refractivity contribution in [2.75, 3.05) is 5.32 Å². The Labute approximate surface area is 177 Å². The fraction of sp³-hybridized carbons (Fsp3) is 0.158. The van der Waals surface area contributed by atoms with Crippen molar-refractivity contribution >= 4 is 66.1 Å². The Morgan fingerprint density at radius 1 is 1.14 bits per heavy atom. The van der Waals surface area contributed by atoms with E-state index in [1.54, 1.807) is 19.2 Å². The number of carbonyl (C=O) groups excluding carboxylic acids is 2. The Morgan fingerprint density at radius 2 is 1.89 bits per heavy atom.